The Bertz CT molecular complexity index is 421. The minimum Gasteiger partial charge on any atom is -0.392 e. The fourth-order valence-corrected chi connectivity index (χ4v) is 3.20. The fraction of sp³-hybridized carbons (Fsp3) is 0.722. The highest BCUT2D eigenvalue weighted by atomic mass is 16.7. The van der Waals surface area contributed by atoms with Crippen LogP contribution in [-0.4, -0.2) is 35.1 Å². The molecule has 1 aliphatic rings. The molecule has 0 aliphatic carbocycles. The van der Waals surface area contributed by atoms with Gasteiger partial charge >= 0.3 is 0 Å². The summed E-state index contributed by atoms with van der Waals surface area (Å²) in [5.74, 6) is 0.256. The summed E-state index contributed by atoms with van der Waals surface area (Å²) < 4.78 is 0. The third kappa shape index (κ3) is 3.61. The molecule has 0 aromatic carbocycles. The Kier molecular flexibility index (Phi) is 6.82. The molecule has 1 aliphatic heterocycles. The number of nitrogens with zero attached hydrogens (tertiary/aromatic N) is 2. The summed E-state index contributed by atoms with van der Waals surface area (Å²) in [6.45, 7) is 19.5. The minimum atomic E-state index is -0.123. The Morgan fingerprint density at radius 1 is 1.23 bits per heavy atom. The van der Waals surface area contributed by atoms with Gasteiger partial charge in [0, 0.05) is 17.9 Å². The molecule has 4 nitrogen and oxygen atoms in total. The highest BCUT2D eigenvalue weighted by Crippen LogP contribution is 2.44. The van der Waals surface area contributed by atoms with Crippen LogP contribution in [0.3, 0.4) is 0 Å². The van der Waals surface area contributed by atoms with Gasteiger partial charge in [-0.1, -0.05) is 44.7 Å². The molecular formula is C18H32N2O2. The Balaban J connectivity index is 3.17. The lowest BCUT2D eigenvalue weighted by atomic mass is 9.70. The molecule has 0 N–H and O–H groups in total. The Labute approximate surface area is 135 Å². The molecular weight excluding hydrogens is 276 g/mol. The van der Waals surface area contributed by atoms with Gasteiger partial charge in [0.2, 0.25) is 0 Å². The van der Waals surface area contributed by atoms with Crippen LogP contribution in [-0.2, 0) is 9.68 Å². The summed E-state index contributed by atoms with van der Waals surface area (Å²) in [7, 11) is 0. The monoisotopic (exact) mass is 308 g/mol. The average Bonchev–Trinajstić information content (AvgIpc) is 2.52. The molecule has 0 radical (unpaired) electrons. The van der Waals surface area contributed by atoms with Gasteiger partial charge in [-0.25, -0.2) is 0 Å². The number of hydrogen-bond acceptors (Lipinski definition) is 4. The van der Waals surface area contributed by atoms with Crippen molar-refractivity contribution in [1.29, 1.82) is 0 Å². The smallest absolute Gasteiger partial charge is 0.135 e. The van der Waals surface area contributed by atoms with E-state index in [4.69, 9.17) is 9.68 Å². The molecule has 0 amide bonds. The molecule has 1 saturated heterocycles. The molecule has 22 heavy (non-hydrogen) atoms. The summed E-state index contributed by atoms with van der Waals surface area (Å²) in [6, 6.07) is 0. The normalized spacial score (nSPS) is 34.6. The number of hydrogen-bond donors (Lipinski definition) is 0. The average molecular weight is 308 g/mol. The van der Waals surface area contributed by atoms with E-state index < -0.39 is 0 Å². The Morgan fingerprint density at radius 3 is 2.36 bits per heavy atom. The molecule has 1 heterocycles. The number of rotatable bonds is 8. The van der Waals surface area contributed by atoms with Crippen LogP contribution in [0.2, 0.25) is 0 Å². The molecule has 0 saturated carbocycles. The molecule has 4 heteroatoms. The standard InChI is InChI=1S/C18H32N2O2/c1-8-12-21-19-16-14-17(6,10-3)20(22-13-9-2)18(7,11-4)15(16)5/h8-9,15H,1-2,10-14H2,3-7H3/b19-16-. The van der Waals surface area contributed by atoms with Crippen molar-refractivity contribution in [3.8, 4) is 0 Å². The quantitative estimate of drug-likeness (QED) is 0.380. The molecule has 1 fully saturated rings. The molecule has 0 spiro atoms. The number of piperidine rings is 1. The predicted molar refractivity (Wildman–Crippen MR) is 92.7 cm³/mol. The largest absolute Gasteiger partial charge is 0.392 e. The van der Waals surface area contributed by atoms with E-state index in [0.717, 1.165) is 25.0 Å². The first-order valence-electron chi connectivity index (χ1n) is 8.23. The molecule has 0 bridgehead atoms. The van der Waals surface area contributed by atoms with Gasteiger partial charge in [0.25, 0.3) is 0 Å². The van der Waals surface area contributed by atoms with Crippen LogP contribution < -0.4 is 0 Å². The second kappa shape index (κ2) is 7.93. The summed E-state index contributed by atoms with van der Waals surface area (Å²) >= 11 is 0. The van der Waals surface area contributed by atoms with Gasteiger partial charge in [-0.15, -0.1) is 6.58 Å². The van der Waals surface area contributed by atoms with E-state index in [2.05, 4.69) is 58.0 Å². The molecule has 126 valence electrons. The summed E-state index contributed by atoms with van der Waals surface area (Å²) in [6.07, 6.45) is 6.31. The second-order valence-electron chi connectivity index (χ2n) is 6.51. The van der Waals surface area contributed by atoms with Gasteiger partial charge in [-0.05, 0) is 26.7 Å². The second-order valence-corrected chi connectivity index (χ2v) is 6.51. The lowest BCUT2D eigenvalue weighted by Crippen LogP contribution is -2.66. The zero-order valence-corrected chi connectivity index (χ0v) is 14.9. The first-order valence-corrected chi connectivity index (χ1v) is 8.23. The first-order chi connectivity index (χ1) is 10.4. The molecule has 0 aromatic heterocycles. The Hall–Kier alpha value is -1.13. The minimum absolute atomic E-state index is 0.101. The van der Waals surface area contributed by atoms with Crippen LogP contribution in [0, 0.1) is 5.92 Å². The van der Waals surface area contributed by atoms with Crippen LogP contribution in [0.1, 0.15) is 53.9 Å². The van der Waals surface area contributed by atoms with Crippen molar-refractivity contribution in [3.05, 3.63) is 25.3 Å². The van der Waals surface area contributed by atoms with Gasteiger partial charge in [-0.2, -0.15) is 5.06 Å². The molecule has 3 unspecified atom stereocenters. The van der Waals surface area contributed by atoms with Crippen molar-refractivity contribution < 1.29 is 9.68 Å². The zero-order valence-electron chi connectivity index (χ0n) is 14.9. The van der Waals surface area contributed by atoms with Crippen LogP contribution in [0.25, 0.3) is 0 Å². The lowest BCUT2D eigenvalue weighted by Gasteiger charge is -2.56. The molecule has 1 rings (SSSR count). The van der Waals surface area contributed by atoms with E-state index in [1.165, 1.54) is 0 Å². The maximum absolute atomic E-state index is 6.09. The highest BCUT2D eigenvalue weighted by Gasteiger charge is 2.52. The maximum atomic E-state index is 6.09. The van der Waals surface area contributed by atoms with Gasteiger partial charge in [0.15, 0.2) is 0 Å². The van der Waals surface area contributed by atoms with E-state index in [0.29, 0.717) is 13.2 Å². The highest BCUT2D eigenvalue weighted by molar-refractivity contribution is 5.89. The predicted octanol–water partition coefficient (Wildman–Crippen LogP) is 4.34. The van der Waals surface area contributed by atoms with E-state index >= 15 is 0 Å². The van der Waals surface area contributed by atoms with Crippen LogP contribution in [0.5, 0.6) is 0 Å². The SMILES string of the molecule is C=CCO/N=C1/CC(C)(CC)N(OCC=C)C(C)(CC)C1C. The van der Waals surface area contributed by atoms with Crippen LogP contribution in [0.4, 0.5) is 0 Å². The number of oxime groups is 1. The van der Waals surface area contributed by atoms with Gasteiger partial charge in [0.05, 0.1) is 17.9 Å². The summed E-state index contributed by atoms with van der Waals surface area (Å²) in [5, 5.41) is 6.59. The fourth-order valence-electron chi connectivity index (χ4n) is 3.20. The maximum Gasteiger partial charge on any atom is 0.135 e. The number of hydroxylamine groups is 2. The van der Waals surface area contributed by atoms with Crippen LogP contribution in [0.15, 0.2) is 30.5 Å². The molecule has 3 atom stereocenters. The van der Waals surface area contributed by atoms with E-state index in [9.17, 15) is 0 Å². The first kappa shape index (κ1) is 18.9. The van der Waals surface area contributed by atoms with Crippen molar-refractivity contribution in [2.75, 3.05) is 13.2 Å². The van der Waals surface area contributed by atoms with Crippen molar-refractivity contribution in [2.45, 2.75) is 65.0 Å². The van der Waals surface area contributed by atoms with E-state index in [-0.39, 0.29) is 17.0 Å². The zero-order chi connectivity index (χ0) is 16.8. The van der Waals surface area contributed by atoms with E-state index in [1.807, 2.05) is 0 Å². The topological polar surface area (TPSA) is 34.1 Å². The van der Waals surface area contributed by atoms with Gasteiger partial charge < -0.3 is 4.84 Å². The molecule has 0 aromatic rings. The van der Waals surface area contributed by atoms with Crippen molar-refractivity contribution in [3.63, 3.8) is 0 Å². The summed E-state index contributed by atoms with van der Waals surface area (Å²) in [4.78, 5) is 11.5. The van der Waals surface area contributed by atoms with Gasteiger partial charge in [-0.3, -0.25) is 4.84 Å². The Morgan fingerprint density at radius 2 is 1.86 bits per heavy atom. The van der Waals surface area contributed by atoms with Crippen LogP contribution >= 0.6 is 0 Å². The lowest BCUT2D eigenvalue weighted by molar-refractivity contribution is -0.281. The third-order valence-corrected chi connectivity index (χ3v) is 5.12. The van der Waals surface area contributed by atoms with Crippen molar-refractivity contribution >= 4 is 5.71 Å². The summed E-state index contributed by atoms with van der Waals surface area (Å²) in [5.41, 5.74) is 0.882. The third-order valence-electron chi connectivity index (χ3n) is 5.12. The van der Waals surface area contributed by atoms with Gasteiger partial charge in [0.1, 0.15) is 6.61 Å². The van der Waals surface area contributed by atoms with Crippen molar-refractivity contribution in [2.24, 2.45) is 11.1 Å². The van der Waals surface area contributed by atoms with Crippen molar-refractivity contribution in [1.82, 2.24) is 5.06 Å². The van der Waals surface area contributed by atoms with E-state index in [1.54, 1.807) is 12.2 Å².